The number of carbonyl (C=O) groups is 2. The highest BCUT2D eigenvalue weighted by Crippen LogP contribution is 2.12. The van der Waals surface area contributed by atoms with Gasteiger partial charge in [0.05, 0.1) is 6.10 Å². The van der Waals surface area contributed by atoms with Crippen LogP contribution in [-0.4, -0.2) is 42.3 Å². The molecule has 0 unspecified atom stereocenters. The van der Waals surface area contributed by atoms with Gasteiger partial charge < -0.3 is 14.9 Å². The topological polar surface area (TPSA) is 83.8 Å². The Hall–Kier alpha value is -2.76. The van der Waals surface area contributed by atoms with E-state index < -0.39 is 5.97 Å². The largest absolute Gasteiger partial charge is 0.478 e. The normalized spacial score (nSPS) is 15.8. The van der Waals surface area contributed by atoms with Gasteiger partial charge in [-0.3, -0.25) is 4.79 Å². The first-order valence-electron chi connectivity index (χ1n) is 11.4. The minimum absolute atomic E-state index is 0.0383. The predicted octanol–water partition coefficient (Wildman–Crippen LogP) is 5.91. The lowest BCUT2D eigenvalue weighted by Crippen LogP contribution is -2.10. The summed E-state index contributed by atoms with van der Waals surface area (Å²) in [7, 11) is 1.65. The number of aliphatic hydroxyl groups excluding tert-OH is 1. The van der Waals surface area contributed by atoms with E-state index >= 15 is 0 Å². The van der Waals surface area contributed by atoms with Crippen LogP contribution in [0.15, 0.2) is 83.6 Å². The van der Waals surface area contributed by atoms with Crippen LogP contribution in [-0.2, 0) is 14.3 Å². The highest BCUT2D eigenvalue weighted by Gasteiger charge is 2.07. The van der Waals surface area contributed by atoms with E-state index in [0.717, 1.165) is 43.1 Å². The van der Waals surface area contributed by atoms with Gasteiger partial charge in [0.15, 0.2) is 0 Å². The second kappa shape index (κ2) is 19.9. The van der Waals surface area contributed by atoms with Crippen molar-refractivity contribution in [2.24, 2.45) is 5.92 Å². The number of unbranched alkanes of at least 4 members (excludes halogenated alkanes) is 1. The number of rotatable bonds is 17. The molecule has 0 spiro atoms. The molecule has 2 atom stereocenters. The van der Waals surface area contributed by atoms with Crippen LogP contribution in [0.5, 0.6) is 0 Å². The number of carboxylic acids is 1. The van der Waals surface area contributed by atoms with E-state index in [1.165, 1.54) is 6.08 Å². The van der Waals surface area contributed by atoms with Crippen molar-refractivity contribution in [2.75, 3.05) is 13.7 Å². The zero-order valence-electron chi connectivity index (χ0n) is 20.4. The van der Waals surface area contributed by atoms with Crippen molar-refractivity contribution in [3.05, 3.63) is 83.6 Å². The monoisotopic (exact) mass is 456 g/mol. The summed E-state index contributed by atoms with van der Waals surface area (Å²) in [6.45, 7) is 5.66. The van der Waals surface area contributed by atoms with Crippen LogP contribution in [0.2, 0.25) is 0 Å². The minimum atomic E-state index is -0.921. The van der Waals surface area contributed by atoms with E-state index in [1.54, 1.807) is 26.2 Å². The van der Waals surface area contributed by atoms with Gasteiger partial charge in [0.1, 0.15) is 6.29 Å². The van der Waals surface area contributed by atoms with Gasteiger partial charge in [-0.1, -0.05) is 67.7 Å². The van der Waals surface area contributed by atoms with Gasteiger partial charge in [-0.25, -0.2) is 4.79 Å². The van der Waals surface area contributed by atoms with Gasteiger partial charge in [0.25, 0.3) is 0 Å². The fourth-order valence-corrected chi connectivity index (χ4v) is 2.78. The van der Waals surface area contributed by atoms with E-state index in [1.807, 2.05) is 31.2 Å². The number of aliphatic hydroxyl groups is 1. The van der Waals surface area contributed by atoms with E-state index in [4.69, 9.17) is 14.9 Å². The van der Waals surface area contributed by atoms with Crippen molar-refractivity contribution >= 4 is 12.3 Å². The fraction of sp³-hybridized carbons (Fsp3) is 0.429. The summed E-state index contributed by atoms with van der Waals surface area (Å²) in [5.74, 6) is -0.557. The standard InChI is InChI=1S/C28H40O5/c1-23(15-18-26(19-21-29)20-22-30)13-11-9-7-5-6-8-10-12-14-27(33-4)24(2)16-17-25(3)28(31)32/h6,8-12,15-19,21,23,27,30H,5,7,13-14,20,22H2,1-4H3,(H,31,32)/b8-6+,11-9+,12-10-,18-15+,24-16-,25-17+,26-19+/t23-,27+/m0/s1. The number of allylic oxidation sites excluding steroid dienone is 10. The van der Waals surface area contributed by atoms with Crippen LogP contribution in [0.4, 0.5) is 0 Å². The number of ether oxygens (including phenoxy) is 1. The molecule has 0 bridgehead atoms. The van der Waals surface area contributed by atoms with Gasteiger partial charge in [-0.05, 0) is 69.1 Å². The smallest absolute Gasteiger partial charge is 0.331 e. The molecular weight excluding hydrogens is 416 g/mol. The molecule has 0 rings (SSSR count). The summed E-state index contributed by atoms with van der Waals surface area (Å²) in [5.41, 5.74) is 2.11. The summed E-state index contributed by atoms with van der Waals surface area (Å²) in [6.07, 6.45) is 26.1. The third kappa shape index (κ3) is 16.5. The maximum absolute atomic E-state index is 10.9. The first kappa shape index (κ1) is 30.2. The summed E-state index contributed by atoms with van der Waals surface area (Å²) in [4.78, 5) is 21.4. The molecule has 0 aromatic rings. The molecule has 2 N–H and O–H groups in total. The molecule has 0 aromatic carbocycles. The molecule has 0 saturated carbocycles. The molecule has 5 nitrogen and oxygen atoms in total. The summed E-state index contributed by atoms with van der Waals surface area (Å²) in [6, 6.07) is 0. The molecule has 0 saturated heterocycles. The number of carbonyl (C=O) groups excluding carboxylic acids is 1. The van der Waals surface area contributed by atoms with Crippen molar-refractivity contribution in [2.45, 2.75) is 59.0 Å². The Morgan fingerprint density at radius 1 is 0.970 bits per heavy atom. The highest BCUT2D eigenvalue weighted by molar-refractivity contribution is 5.86. The van der Waals surface area contributed by atoms with E-state index in [0.29, 0.717) is 17.9 Å². The Morgan fingerprint density at radius 3 is 2.30 bits per heavy atom. The average Bonchev–Trinajstić information content (AvgIpc) is 2.79. The number of aliphatic carboxylic acids is 1. The zero-order valence-corrected chi connectivity index (χ0v) is 20.4. The Kier molecular flexibility index (Phi) is 18.2. The first-order valence-corrected chi connectivity index (χ1v) is 11.4. The van der Waals surface area contributed by atoms with Crippen molar-refractivity contribution < 1.29 is 24.5 Å². The van der Waals surface area contributed by atoms with Crippen LogP contribution in [0, 0.1) is 5.92 Å². The quantitative estimate of drug-likeness (QED) is 0.0935. The van der Waals surface area contributed by atoms with E-state index in [-0.39, 0.29) is 12.7 Å². The highest BCUT2D eigenvalue weighted by atomic mass is 16.5. The van der Waals surface area contributed by atoms with E-state index in [2.05, 4.69) is 31.2 Å². The molecule has 0 aliphatic carbocycles. The van der Waals surface area contributed by atoms with Crippen LogP contribution in [0.3, 0.4) is 0 Å². The molecule has 182 valence electrons. The first-order chi connectivity index (χ1) is 15.8. The second-order valence-electron chi connectivity index (χ2n) is 7.85. The third-order valence-electron chi connectivity index (χ3n) is 4.96. The number of carboxylic acid groups (broad SMARTS) is 1. The number of hydrogen-bond donors (Lipinski definition) is 2. The molecule has 0 amide bonds. The maximum Gasteiger partial charge on any atom is 0.331 e. The van der Waals surface area contributed by atoms with Crippen molar-refractivity contribution in [3.63, 3.8) is 0 Å². The van der Waals surface area contributed by atoms with Crippen LogP contribution >= 0.6 is 0 Å². The molecule has 0 fully saturated rings. The summed E-state index contributed by atoms with van der Waals surface area (Å²) >= 11 is 0. The number of methoxy groups -OCH3 is 1. The van der Waals surface area contributed by atoms with Crippen LogP contribution in [0.1, 0.15) is 52.9 Å². The van der Waals surface area contributed by atoms with Gasteiger partial charge in [0, 0.05) is 19.3 Å². The molecular formula is C28H40O5. The van der Waals surface area contributed by atoms with Crippen molar-refractivity contribution in [1.29, 1.82) is 0 Å². The molecule has 5 heteroatoms. The number of aldehydes is 1. The maximum atomic E-state index is 10.9. The Labute approximate surface area is 199 Å². The lowest BCUT2D eigenvalue weighted by Gasteiger charge is -2.13. The molecule has 0 radical (unpaired) electrons. The average molecular weight is 457 g/mol. The fourth-order valence-electron chi connectivity index (χ4n) is 2.78. The molecule has 0 heterocycles. The SMILES string of the molecule is CO[C@H](C/C=C\C=C\CC/C=C/C[C@H](C)/C=C/C(=C\C=O)CCO)/C(C)=C\C=C(/C)C(=O)O. The number of hydrogen-bond acceptors (Lipinski definition) is 4. The molecule has 0 aliphatic heterocycles. The minimum Gasteiger partial charge on any atom is -0.478 e. The van der Waals surface area contributed by atoms with Gasteiger partial charge in [0.2, 0.25) is 0 Å². The predicted molar refractivity (Wildman–Crippen MR) is 136 cm³/mol. The Bertz CT molecular complexity index is 778. The van der Waals surface area contributed by atoms with E-state index in [9.17, 15) is 9.59 Å². The lowest BCUT2D eigenvalue weighted by molar-refractivity contribution is -0.132. The van der Waals surface area contributed by atoms with Gasteiger partial charge in [-0.15, -0.1) is 0 Å². The Morgan fingerprint density at radius 2 is 1.67 bits per heavy atom. The second-order valence-corrected chi connectivity index (χ2v) is 7.85. The Balaban J connectivity index is 4.30. The molecule has 0 aliphatic rings. The lowest BCUT2D eigenvalue weighted by atomic mass is 10.0. The van der Waals surface area contributed by atoms with Crippen LogP contribution in [0.25, 0.3) is 0 Å². The molecule has 0 aromatic heterocycles. The summed E-state index contributed by atoms with van der Waals surface area (Å²) in [5, 5.41) is 17.9. The van der Waals surface area contributed by atoms with Crippen molar-refractivity contribution in [1.82, 2.24) is 0 Å². The van der Waals surface area contributed by atoms with Crippen molar-refractivity contribution in [3.8, 4) is 0 Å². The van der Waals surface area contributed by atoms with Crippen LogP contribution < -0.4 is 0 Å². The molecule has 33 heavy (non-hydrogen) atoms. The summed E-state index contributed by atoms with van der Waals surface area (Å²) < 4.78 is 5.49. The van der Waals surface area contributed by atoms with Gasteiger partial charge in [-0.2, -0.15) is 0 Å². The zero-order chi connectivity index (χ0) is 24.9. The van der Waals surface area contributed by atoms with Gasteiger partial charge >= 0.3 is 5.97 Å². The third-order valence-corrected chi connectivity index (χ3v) is 4.96.